The van der Waals surface area contributed by atoms with Crippen LogP contribution in [0.2, 0.25) is 0 Å². The van der Waals surface area contributed by atoms with Gasteiger partial charge in [0.05, 0.1) is 4.90 Å². The molecule has 2 rings (SSSR count). The number of hydrogen-bond acceptors (Lipinski definition) is 3. The lowest BCUT2D eigenvalue weighted by Crippen LogP contribution is -2.29. The summed E-state index contributed by atoms with van der Waals surface area (Å²) >= 11 is 5.19. The monoisotopic (exact) mass is 363 g/mol. The lowest BCUT2D eigenvalue weighted by atomic mass is 10.2. The third kappa shape index (κ3) is 4.94. The van der Waals surface area contributed by atoms with E-state index < -0.39 is 10.0 Å². The number of rotatable bonds is 6. The molecule has 0 unspecified atom stereocenters. The standard InChI is InChI=1S/C17H21N3O2S2/c1-3-11-18-17(23)19-15-10-9-13(2)16(12-15)24(21,22)20-14-7-5-4-6-8-14/h4-10,12,20H,3,11H2,1-2H3,(H2,18,19,23). The van der Waals surface area contributed by atoms with Crippen molar-refractivity contribution >= 4 is 38.7 Å². The molecule has 0 amide bonds. The van der Waals surface area contributed by atoms with E-state index >= 15 is 0 Å². The van der Waals surface area contributed by atoms with Crippen molar-refractivity contribution in [3.8, 4) is 0 Å². The Kier molecular flexibility index (Phi) is 6.16. The Labute approximate surface area is 148 Å². The number of anilines is 2. The summed E-state index contributed by atoms with van der Waals surface area (Å²) in [6.45, 7) is 4.57. The van der Waals surface area contributed by atoms with Gasteiger partial charge in [0.2, 0.25) is 0 Å². The molecule has 0 aromatic heterocycles. The molecule has 0 saturated heterocycles. The molecule has 0 saturated carbocycles. The van der Waals surface area contributed by atoms with Gasteiger partial charge < -0.3 is 10.6 Å². The fraction of sp³-hybridized carbons (Fsp3) is 0.235. The van der Waals surface area contributed by atoms with Crippen molar-refractivity contribution in [2.24, 2.45) is 0 Å². The SMILES string of the molecule is CCCNC(=S)Nc1ccc(C)c(S(=O)(=O)Nc2ccccc2)c1. The van der Waals surface area contributed by atoms with Crippen LogP contribution in [-0.2, 0) is 10.0 Å². The van der Waals surface area contributed by atoms with Gasteiger partial charge in [-0.25, -0.2) is 8.42 Å². The van der Waals surface area contributed by atoms with Crippen LogP contribution in [0.3, 0.4) is 0 Å². The predicted octanol–water partition coefficient (Wildman–Crippen LogP) is 3.49. The molecule has 2 aromatic rings. The van der Waals surface area contributed by atoms with E-state index in [2.05, 4.69) is 15.4 Å². The van der Waals surface area contributed by atoms with Gasteiger partial charge in [0.25, 0.3) is 10.0 Å². The van der Waals surface area contributed by atoms with Gasteiger partial charge in [-0.1, -0.05) is 31.2 Å². The first-order chi connectivity index (χ1) is 11.4. The lowest BCUT2D eigenvalue weighted by molar-refractivity contribution is 0.600. The second-order valence-electron chi connectivity index (χ2n) is 5.33. The molecule has 0 spiro atoms. The highest BCUT2D eigenvalue weighted by atomic mass is 32.2. The second kappa shape index (κ2) is 8.12. The first-order valence-electron chi connectivity index (χ1n) is 7.66. The summed E-state index contributed by atoms with van der Waals surface area (Å²) in [5.41, 5.74) is 1.81. The number of benzene rings is 2. The Morgan fingerprint density at radius 2 is 1.79 bits per heavy atom. The van der Waals surface area contributed by atoms with Gasteiger partial charge in [-0.2, -0.15) is 0 Å². The molecule has 2 aromatic carbocycles. The average molecular weight is 364 g/mol. The van der Waals surface area contributed by atoms with Crippen LogP contribution < -0.4 is 15.4 Å². The molecule has 0 fully saturated rings. The molecule has 0 atom stereocenters. The van der Waals surface area contributed by atoms with Crippen molar-refractivity contribution in [1.29, 1.82) is 0 Å². The molecule has 7 heteroatoms. The Balaban J connectivity index is 2.22. The van der Waals surface area contributed by atoms with E-state index in [1.54, 1.807) is 49.4 Å². The Morgan fingerprint density at radius 1 is 1.08 bits per heavy atom. The van der Waals surface area contributed by atoms with Crippen molar-refractivity contribution in [2.75, 3.05) is 16.6 Å². The van der Waals surface area contributed by atoms with Crippen LogP contribution >= 0.6 is 12.2 Å². The number of aryl methyl sites for hydroxylation is 1. The fourth-order valence-corrected chi connectivity index (χ4v) is 3.65. The van der Waals surface area contributed by atoms with Crippen molar-refractivity contribution in [1.82, 2.24) is 5.32 Å². The third-order valence-corrected chi connectivity index (χ3v) is 5.07. The first-order valence-corrected chi connectivity index (χ1v) is 9.55. The van der Waals surface area contributed by atoms with Crippen molar-refractivity contribution in [3.05, 3.63) is 54.1 Å². The smallest absolute Gasteiger partial charge is 0.262 e. The van der Waals surface area contributed by atoms with E-state index in [9.17, 15) is 8.42 Å². The molecule has 0 aliphatic heterocycles. The summed E-state index contributed by atoms with van der Waals surface area (Å²) in [6, 6.07) is 13.9. The van der Waals surface area contributed by atoms with Gasteiger partial charge in [0.15, 0.2) is 5.11 Å². The van der Waals surface area contributed by atoms with E-state index in [1.165, 1.54) is 0 Å². The molecule has 0 aliphatic rings. The highest BCUT2D eigenvalue weighted by Gasteiger charge is 2.17. The van der Waals surface area contributed by atoms with Crippen LogP contribution in [0.1, 0.15) is 18.9 Å². The van der Waals surface area contributed by atoms with E-state index in [0.29, 0.717) is 22.1 Å². The topological polar surface area (TPSA) is 70.2 Å². The average Bonchev–Trinajstić information content (AvgIpc) is 2.55. The van der Waals surface area contributed by atoms with Crippen LogP contribution in [0.5, 0.6) is 0 Å². The van der Waals surface area contributed by atoms with Crippen LogP contribution in [0.15, 0.2) is 53.4 Å². The molecule has 0 aliphatic carbocycles. The van der Waals surface area contributed by atoms with E-state index in [4.69, 9.17) is 12.2 Å². The Morgan fingerprint density at radius 3 is 2.46 bits per heavy atom. The van der Waals surface area contributed by atoms with Gasteiger partial charge >= 0.3 is 0 Å². The van der Waals surface area contributed by atoms with Crippen LogP contribution in [-0.4, -0.2) is 20.1 Å². The zero-order valence-corrected chi connectivity index (χ0v) is 15.3. The Hall–Kier alpha value is -2.12. The normalized spacial score (nSPS) is 10.9. The quantitative estimate of drug-likeness (QED) is 0.686. The largest absolute Gasteiger partial charge is 0.362 e. The molecular weight excluding hydrogens is 342 g/mol. The number of thiocarbonyl (C=S) groups is 1. The van der Waals surface area contributed by atoms with Crippen LogP contribution in [0.4, 0.5) is 11.4 Å². The molecule has 5 nitrogen and oxygen atoms in total. The van der Waals surface area contributed by atoms with Gasteiger partial charge in [-0.05, 0) is 55.4 Å². The number of nitrogens with one attached hydrogen (secondary N) is 3. The summed E-state index contributed by atoms with van der Waals surface area (Å²) in [5, 5.41) is 6.53. The van der Waals surface area contributed by atoms with Gasteiger partial charge in [-0.3, -0.25) is 4.72 Å². The van der Waals surface area contributed by atoms with Crippen LogP contribution in [0.25, 0.3) is 0 Å². The molecular formula is C17H21N3O2S2. The number of para-hydroxylation sites is 1. The highest BCUT2D eigenvalue weighted by Crippen LogP contribution is 2.22. The molecule has 0 bridgehead atoms. The summed E-state index contributed by atoms with van der Waals surface area (Å²) in [4.78, 5) is 0.217. The zero-order valence-electron chi connectivity index (χ0n) is 13.7. The summed E-state index contributed by atoms with van der Waals surface area (Å²) < 4.78 is 27.9. The van der Waals surface area contributed by atoms with E-state index in [-0.39, 0.29) is 4.90 Å². The third-order valence-electron chi connectivity index (χ3n) is 3.30. The first kappa shape index (κ1) is 18.2. The number of hydrogen-bond donors (Lipinski definition) is 3. The summed E-state index contributed by atoms with van der Waals surface area (Å²) in [5.74, 6) is 0. The van der Waals surface area contributed by atoms with Crippen molar-refractivity contribution < 1.29 is 8.42 Å². The predicted molar refractivity (Wildman–Crippen MR) is 103 cm³/mol. The molecule has 0 radical (unpaired) electrons. The minimum atomic E-state index is -3.67. The minimum Gasteiger partial charge on any atom is -0.362 e. The minimum absolute atomic E-state index is 0.217. The fourth-order valence-electron chi connectivity index (χ4n) is 2.10. The molecule has 3 N–H and O–H groups in total. The van der Waals surface area contributed by atoms with Crippen LogP contribution in [0, 0.1) is 6.92 Å². The van der Waals surface area contributed by atoms with Gasteiger partial charge in [0, 0.05) is 17.9 Å². The maximum absolute atomic E-state index is 12.6. The molecule has 24 heavy (non-hydrogen) atoms. The van der Waals surface area contributed by atoms with Gasteiger partial charge in [0.1, 0.15) is 0 Å². The van der Waals surface area contributed by atoms with E-state index in [1.807, 2.05) is 13.0 Å². The highest BCUT2D eigenvalue weighted by molar-refractivity contribution is 7.92. The zero-order chi connectivity index (χ0) is 17.6. The summed E-state index contributed by atoms with van der Waals surface area (Å²) in [6.07, 6.45) is 0.955. The maximum Gasteiger partial charge on any atom is 0.262 e. The van der Waals surface area contributed by atoms with Gasteiger partial charge in [-0.15, -0.1) is 0 Å². The second-order valence-corrected chi connectivity index (χ2v) is 7.39. The number of sulfonamides is 1. The van der Waals surface area contributed by atoms with E-state index in [0.717, 1.165) is 13.0 Å². The van der Waals surface area contributed by atoms with Crippen molar-refractivity contribution in [3.63, 3.8) is 0 Å². The Bertz CT molecular complexity index is 806. The van der Waals surface area contributed by atoms with Crippen molar-refractivity contribution in [2.45, 2.75) is 25.2 Å². The lowest BCUT2D eigenvalue weighted by Gasteiger charge is -2.14. The maximum atomic E-state index is 12.6. The summed E-state index contributed by atoms with van der Waals surface area (Å²) in [7, 11) is -3.67. The molecule has 0 heterocycles. The molecule has 128 valence electrons.